The van der Waals surface area contributed by atoms with Crippen LogP contribution in [-0.4, -0.2) is 49.8 Å². The summed E-state index contributed by atoms with van der Waals surface area (Å²) in [6.45, 7) is 7.02. The number of carbonyl (C=O) groups excluding carboxylic acids is 2. The third kappa shape index (κ3) is 5.65. The quantitative estimate of drug-likeness (QED) is 0.648. The van der Waals surface area contributed by atoms with Crippen molar-refractivity contribution in [2.24, 2.45) is 0 Å². The van der Waals surface area contributed by atoms with E-state index in [2.05, 4.69) is 10.6 Å². The van der Waals surface area contributed by atoms with Gasteiger partial charge in [0.15, 0.2) is 6.61 Å². The number of esters is 2. The van der Waals surface area contributed by atoms with Crippen molar-refractivity contribution in [3.05, 3.63) is 0 Å². The summed E-state index contributed by atoms with van der Waals surface area (Å²) in [5.74, 6) is -0.960. The molecular formula is C11H20N2O4. The van der Waals surface area contributed by atoms with Gasteiger partial charge in [0, 0.05) is 19.6 Å². The van der Waals surface area contributed by atoms with Crippen LogP contribution in [-0.2, 0) is 19.1 Å². The van der Waals surface area contributed by atoms with E-state index in [1.54, 1.807) is 20.8 Å². The molecule has 1 unspecified atom stereocenters. The maximum absolute atomic E-state index is 11.5. The van der Waals surface area contributed by atoms with Crippen molar-refractivity contribution in [2.45, 2.75) is 32.4 Å². The van der Waals surface area contributed by atoms with E-state index in [1.165, 1.54) is 0 Å². The molecule has 6 nitrogen and oxygen atoms in total. The minimum atomic E-state index is -0.561. The van der Waals surface area contributed by atoms with Gasteiger partial charge in [0.1, 0.15) is 11.6 Å². The minimum absolute atomic E-state index is 0.339. The summed E-state index contributed by atoms with van der Waals surface area (Å²) in [4.78, 5) is 22.8. The van der Waals surface area contributed by atoms with E-state index < -0.39 is 17.5 Å². The van der Waals surface area contributed by atoms with Crippen LogP contribution >= 0.6 is 0 Å². The number of nitrogens with one attached hydrogen (secondary N) is 2. The molecule has 0 amide bonds. The highest BCUT2D eigenvalue weighted by atomic mass is 16.6. The Kier molecular flexibility index (Phi) is 4.89. The number of carbonyl (C=O) groups is 2. The number of piperazine rings is 1. The van der Waals surface area contributed by atoms with Crippen LogP contribution in [0, 0.1) is 0 Å². The Balaban J connectivity index is 2.25. The zero-order valence-corrected chi connectivity index (χ0v) is 10.5. The first-order valence-electron chi connectivity index (χ1n) is 5.71. The summed E-state index contributed by atoms with van der Waals surface area (Å²) in [5, 5.41) is 6.06. The van der Waals surface area contributed by atoms with Gasteiger partial charge in [-0.05, 0) is 20.8 Å². The maximum Gasteiger partial charge on any atom is 0.344 e. The fourth-order valence-electron chi connectivity index (χ4n) is 1.42. The van der Waals surface area contributed by atoms with Crippen molar-refractivity contribution >= 4 is 11.9 Å². The molecule has 1 rings (SSSR count). The second-order valence-electron chi connectivity index (χ2n) is 4.90. The predicted octanol–water partition coefficient (Wildman–Crippen LogP) is -0.567. The van der Waals surface area contributed by atoms with Gasteiger partial charge in [-0.15, -0.1) is 0 Å². The fourth-order valence-corrected chi connectivity index (χ4v) is 1.42. The van der Waals surface area contributed by atoms with Gasteiger partial charge in [-0.1, -0.05) is 0 Å². The third-order valence-electron chi connectivity index (χ3n) is 2.08. The van der Waals surface area contributed by atoms with Gasteiger partial charge in [0.25, 0.3) is 0 Å². The molecule has 0 bridgehead atoms. The van der Waals surface area contributed by atoms with E-state index in [-0.39, 0.29) is 12.6 Å². The van der Waals surface area contributed by atoms with Crippen LogP contribution in [0.15, 0.2) is 0 Å². The number of ether oxygens (including phenoxy) is 2. The van der Waals surface area contributed by atoms with Gasteiger partial charge in [-0.2, -0.15) is 0 Å². The summed E-state index contributed by atoms with van der Waals surface area (Å²) >= 11 is 0. The van der Waals surface area contributed by atoms with Crippen LogP contribution in [0.3, 0.4) is 0 Å². The summed E-state index contributed by atoms with van der Waals surface area (Å²) in [7, 11) is 0. The van der Waals surface area contributed by atoms with E-state index in [1.807, 2.05) is 0 Å². The van der Waals surface area contributed by atoms with Gasteiger partial charge in [0.05, 0.1) is 0 Å². The Morgan fingerprint density at radius 1 is 1.29 bits per heavy atom. The first-order chi connectivity index (χ1) is 7.88. The first kappa shape index (κ1) is 13.9. The second-order valence-corrected chi connectivity index (χ2v) is 4.90. The summed E-state index contributed by atoms with van der Waals surface area (Å²) in [5.41, 5.74) is -0.561. The second kappa shape index (κ2) is 5.97. The van der Waals surface area contributed by atoms with Crippen molar-refractivity contribution in [3.8, 4) is 0 Å². The number of hydrogen-bond donors (Lipinski definition) is 2. The Hall–Kier alpha value is -1.14. The van der Waals surface area contributed by atoms with Gasteiger partial charge >= 0.3 is 11.9 Å². The maximum atomic E-state index is 11.5. The van der Waals surface area contributed by atoms with Crippen LogP contribution in [0.1, 0.15) is 20.8 Å². The molecule has 1 aliphatic rings. The molecule has 0 aromatic carbocycles. The largest absolute Gasteiger partial charge is 0.457 e. The molecule has 1 atom stereocenters. The first-order valence-corrected chi connectivity index (χ1v) is 5.71. The highest BCUT2D eigenvalue weighted by molar-refractivity contribution is 5.80. The molecule has 0 saturated carbocycles. The van der Waals surface area contributed by atoms with Crippen molar-refractivity contribution < 1.29 is 19.1 Å². The molecular weight excluding hydrogens is 224 g/mol. The SMILES string of the molecule is CC(C)(C)OC(=O)COC(=O)C1CNCCN1. The molecule has 6 heteroatoms. The van der Waals surface area contributed by atoms with E-state index >= 15 is 0 Å². The Morgan fingerprint density at radius 2 is 2.00 bits per heavy atom. The zero-order chi connectivity index (χ0) is 12.9. The van der Waals surface area contributed by atoms with Gasteiger partial charge < -0.3 is 20.1 Å². The van der Waals surface area contributed by atoms with Crippen LogP contribution in [0.5, 0.6) is 0 Å². The average Bonchev–Trinajstić information content (AvgIpc) is 2.25. The molecule has 0 radical (unpaired) electrons. The highest BCUT2D eigenvalue weighted by Crippen LogP contribution is 2.06. The molecule has 1 fully saturated rings. The van der Waals surface area contributed by atoms with E-state index in [4.69, 9.17) is 9.47 Å². The van der Waals surface area contributed by atoms with Gasteiger partial charge in [-0.25, -0.2) is 4.79 Å². The molecule has 17 heavy (non-hydrogen) atoms. The monoisotopic (exact) mass is 244 g/mol. The van der Waals surface area contributed by atoms with Crippen molar-refractivity contribution in [1.29, 1.82) is 0 Å². The van der Waals surface area contributed by atoms with Crippen molar-refractivity contribution in [2.75, 3.05) is 26.2 Å². The lowest BCUT2D eigenvalue weighted by molar-refractivity contribution is -0.167. The lowest BCUT2D eigenvalue weighted by atomic mass is 10.2. The molecule has 0 aromatic heterocycles. The fraction of sp³-hybridized carbons (Fsp3) is 0.818. The number of rotatable bonds is 3. The van der Waals surface area contributed by atoms with Gasteiger partial charge in [-0.3, -0.25) is 4.79 Å². The van der Waals surface area contributed by atoms with Gasteiger partial charge in [0.2, 0.25) is 0 Å². The molecule has 0 spiro atoms. The lowest BCUT2D eigenvalue weighted by Gasteiger charge is -2.23. The molecule has 1 saturated heterocycles. The van der Waals surface area contributed by atoms with E-state index in [0.29, 0.717) is 13.1 Å². The highest BCUT2D eigenvalue weighted by Gasteiger charge is 2.23. The number of hydrogen-bond acceptors (Lipinski definition) is 6. The van der Waals surface area contributed by atoms with E-state index in [0.717, 1.165) is 6.54 Å². The van der Waals surface area contributed by atoms with Crippen molar-refractivity contribution in [1.82, 2.24) is 10.6 Å². The molecule has 2 N–H and O–H groups in total. The Bertz CT molecular complexity index is 280. The van der Waals surface area contributed by atoms with Crippen LogP contribution < -0.4 is 10.6 Å². The van der Waals surface area contributed by atoms with Crippen molar-refractivity contribution in [3.63, 3.8) is 0 Å². The normalized spacial score (nSPS) is 20.8. The average molecular weight is 244 g/mol. The molecule has 98 valence electrons. The van der Waals surface area contributed by atoms with Crippen LogP contribution in [0.25, 0.3) is 0 Å². The Morgan fingerprint density at radius 3 is 2.53 bits per heavy atom. The minimum Gasteiger partial charge on any atom is -0.457 e. The predicted molar refractivity (Wildman–Crippen MR) is 61.5 cm³/mol. The van der Waals surface area contributed by atoms with Crippen LogP contribution in [0.4, 0.5) is 0 Å². The smallest absolute Gasteiger partial charge is 0.344 e. The molecule has 0 aromatic rings. The Labute approximate surface area is 101 Å². The molecule has 1 heterocycles. The lowest BCUT2D eigenvalue weighted by Crippen LogP contribution is -2.53. The summed E-state index contributed by atoms with van der Waals surface area (Å²) in [6.07, 6.45) is 0. The zero-order valence-electron chi connectivity index (χ0n) is 10.5. The van der Waals surface area contributed by atoms with E-state index in [9.17, 15) is 9.59 Å². The van der Waals surface area contributed by atoms with Crippen LogP contribution in [0.2, 0.25) is 0 Å². The summed E-state index contributed by atoms with van der Waals surface area (Å²) in [6, 6.07) is -0.383. The molecule has 0 aliphatic carbocycles. The third-order valence-corrected chi connectivity index (χ3v) is 2.08. The summed E-state index contributed by atoms with van der Waals surface area (Å²) < 4.78 is 9.90. The molecule has 1 aliphatic heterocycles. The standard InChI is InChI=1S/C11H20N2O4/c1-11(2,3)17-9(14)7-16-10(15)8-6-12-4-5-13-8/h8,12-13H,4-7H2,1-3H3. The topological polar surface area (TPSA) is 76.7 Å².